The summed E-state index contributed by atoms with van der Waals surface area (Å²) in [5.74, 6) is 0. The molecule has 2 nitrogen and oxygen atoms in total. The van der Waals surface area contributed by atoms with E-state index in [1.54, 1.807) is 12.1 Å². The summed E-state index contributed by atoms with van der Waals surface area (Å²) in [5, 5.41) is 3.40. The van der Waals surface area contributed by atoms with Crippen LogP contribution in [0.25, 0.3) is 0 Å². The minimum atomic E-state index is -2.40. The first kappa shape index (κ1) is 16.7. The Bertz CT molecular complexity index is 602. The van der Waals surface area contributed by atoms with Crippen molar-refractivity contribution in [1.82, 2.24) is 5.32 Å². The summed E-state index contributed by atoms with van der Waals surface area (Å²) >= 11 is 0. The number of rotatable bonds is 3. The molecule has 118 valence electrons. The van der Waals surface area contributed by atoms with Crippen molar-refractivity contribution in [1.29, 1.82) is 0 Å². The SMILES string of the molecule is Cl.FC(F)c1ccc(CN2CCNCc3ccccc32)cc1. The monoisotopic (exact) mass is 324 g/mol. The van der Waals surface area contributed by atoms with Gasteiger partial charge in [-0.1, -0.05) is 42.5 Å². The third-order valence-electron chi connectivity index (χ3n) is 3.81. The van der Waals surface area contributed by atoms with E-state index in [2.05, 4.69) is 22.3 Å². The minimum absolute atomic E-state index is 0. The number of nitrogens with zero attached hydrogens (tertiary/aromatic N) is 1. The van der Waals surface area contributed by atoms with Crippen molar-refractivity contribution >= 4 is 18.1 Å². The number of anilines is 1. The summed E-state index contributed by atoms with van der Waals surface area (Å²) in [6, 6.07) is 14.9. The lowest BCUT2D eigenvalue weighted by Gasteiger charge is -2.24. The molecule has 0 radical (unpaired) electrons. The van der Waals surface area contributed by atoms with E-state index < -0.39 is 6.43 Å². The van der Waals surface area contributed by atoms with Crippen LogP contribution in [0.3, 0.4) is 0 Å². The first-order valence-corrected chi connectivity index (χ1v) is 7.14. The topological polar surface area (TPSA) is 15.3 Å². The van der Waals surface area contributed by atoms with Gasteiger partial charge in [0.25, 0.3) is 6.43 Å². The fourth-order valence-corrected chi connectivity index (χ4v) is 2.68. The van der Waals surface area contributed by atoms with E-state index in [-0.39, 0.29) is 18.0 Å². The van der Waals surface area contributed by atoms with E-state index in [9.17, 15) is 8.78 Å². The first-order valence-electron chi connectivity index (χ1n) is 7.14. The van der Waals surface area contributed by atoms with Crippen LogP contribution in [0.4, 0.5) is 14.5 Å². The van der Waals surface area contributed by atoms with Crippen LogP contribution in [0, 0.1) is 0 Å². The van der Waals surface area contributed by atoms with Gasteiger partial charge in [0, 0.05) is 37.4 Å². The van der Waals surface area contributed by atoms with Gasteiger partial charge in [-0.25, -0.2) is 8.78 Å². The van der Waals surface area contributed by atoms with Crippen LogP contribution in [-0.2, 0) is 13.1 Å². The Balaban J connectivity index is 0.00000176. The first-order chi connectivity index (χ1) is 10.2. The smallest absolute Gasteiger partial charge is 0.263 e. The van der Waals surface area contributed by atoms with Gasteiger partial charge in [-0.3, -0.25) is 0 Å². The van der Waals surface area contributed by atoms with Crippen molar-refractivity contribution in [2.45, 2.75) is 19.5 Å². The van der Waals surface area contributed by atoms with Crippen LogP contribution in [0.2, 0.25) is 0 Å². The number of halogens is 3. The third-order valence-corrected chi connectivity index (χ3v) is 3.81. The van der Waals surface area contributed by atoms with Gasteiger partial charge in [-0.2, -0.15) is 0 Å². The Morgan fingerprint density at radius 2 is 1.77 bits per heavy atom. The highest BCUT2D eigenvalue weighted by Gasteiger charge is 2.15. The molecule has 0 spiro atoms. The maximum Gasteiger partial charge on any atom is 0.263 e. The van der Waals surface area contributed by atoms with Gasteiger partial charge in [0.05, 0.1) is 0 Å². The number of para-hydroxylation sites is 1. The molecule has 1 heterocycles. The van der Waals surface area contributed by atoms with Gasteiger partial charge in [0.1, 0.15) is 0 Å². The standard InChI is InChI=1S/C17H18F2N2.ClH/c18-17(19)14-7-5-13(6-8-14)12-21-10-9-20-11-15-3-1-2-4-16(15)21;/h1-8,17,20H,9-12H2;1H. The molecule has 2 aromatic rings. The summed E-state index contributed by atoms with van der Waals surface area (Å²) in [5.41, 5.74) is 3.63. The zero-order valence-electron chi connectivity index (χ0n) is 12.1. The largest absolute Gasteiger partial charge is 0.366 e. The Labute approximate surface area is 135 Å². The summed E-state index contributed by atoms with van der Waals surface area (Å²) in [4.78, 5) is 2.30. The number of fused-ring (bicyclic) bond motifs is 1. The van der Waals surface area contributed by atoms with Crippen molar-refractivity contribution in [3.63, 3.8) is 0 Å². The van der Waals surface area contributed by atoms with Crippen molar-refractivity contribution in [3.8, 4) is 0 Å². The van der Waals surface area contributed by atoms with Crippen LogP contribution in [0.5, 0.6) is 0 Å². The van der Waals surface area contributed by atoms with Crippen molar-refractivity contribution < 1.29 is 8.78 Å². The summed E-state index contributed by atoms with van der Waals surface area (Å²) in [6.07, 6.45) is -2.40. The predicted octanol–water partition coefficient (Wildman–Crippen LogP) is 4.16. The van der Waals surface area contributed by atoms with Gasteiger partial charge in [0.2, 0.25) is 0 Å². The molecular formula is C17H19ClF2N2. The maximum atomic E-state index is 12.6. The van der Waals surface area contributed by atoms with Crippen molar-refractivity contribution in [2.24, 2.45) is 0 Å². The molecule has 2 aromatic carbocycles. The molecule has 0 aliphatic carbocycles. The quantitative estimate of drug-likeness (QED) is 0.912. The fraction of sp³-hybridized carbons (Fsp3) is 0.294. The van der Waals surface area contributed by atoms with Gasteiger partial charge < -0.3 is 10.2 Å². The number of alkyl halides is 2. The molecular weight excluding hydrogens is 306 g/mol. The molecule has 0 fully saturated rings. The lowest BCUT2D eigenvalue weighted by Crippen LogP contribution is -2.28. The summed E-state index contributed by atoms with van der Waals surface area (Å²) in [7, 11) is 0. The van der Waals surface area contributed by atoms with Crippen molar-refractivity contribution in [3.05, 3.63) is 65.2 Å². The molecule has 5 heteroatoms. The molecule has 0 aromatic heterocycles. The van der Waals surface area contributed by atoms with Crippen molar-refractivity contribution in [2.75, 3.05) is 18.0 Å². The Hall–Kier alpha value is -1.65. The zero-order chi connectivity index (χ0) is 14.7. The highest BCUT2D eigenvalue weighted by molar-refractivity contribution is 5.85. The second kappa shape index (κ2) is 7.56. The summed E-state index contributed by atoms with van der Waals surface area (Å²) in [6.45, 7) is 3.44. The fourth-order valence-electron chi connectivity index (χ4n) is 2.68. The molecule has 0 atom stereocenters. The average Bonchev–Trinajstić information content (AvgIpc) is 2.71. The van der Waals surface area contributed by atoms with E-state index in [1.165, 1.54) is 23.4 Å². The Morgan fingerprint density at radius 3 is 2.50 bits per heavy atom. The molecule has 0 saturated heterocycles. The van der Waals surface area contributed by atoms with Gasteiger partial charge >= 0.3 is 0 Å². The van der Waals surface area contributed by atoms with Gasteiger partial charge in [-0.05, 0) is 17.2 Å². The Morgan fingerprint density at radius 1 is 1.05 bits per heavy atom. The normalized spacial score (nSPS) is 14.2. The van der Waals surface area contributed by atoms with E-state index in [4.69, 9.17) is 0 Å². The van der Waals surface area contributed by atoms with E-state index in [0.717, 1.165) is 31.7 Å². The molecule has 0 bridgehead atoms. The lowest BCUT2D eigenvalue weighted by atomic mass is 10.1. The summed E-state index contributed by atoms with van der Waals surface area (Å²) < 4.78 is 25.2. The van der Waals surface area contributed by atoms with Crippen LogP contribution < -0.4 is 10.2 Å². The van der Waals surface area contributed by atoms with E-state index >= 15 is 0 Å². The maximum absolute atomic E-state index is 12.6. The van der Waals surface area contributed by atoms with E-state index in [0.29, 0.717) is 0 Å². The molecule has 0 amide bonds. The number of hydrogen-bond donors (Lipinski definition) is 1. The minimum Gasteiger partial charge on any atom is -0.366 e. The molecule has 1 aliphatic heterocycles. The van der Waals surface area contributed by atoms with Gasteiger partial charge in [0.15, 0.2) is 0 Å². The third kappa shape index (κ3) is 3.76. The Kier molecular flexibility index (Phi) is 5.75. The second-order valence-electron chi connectivity index (χ2n) is 5.27. The molecule has 1 N–H and O–H groups in total. The predicted molar refractivity (Wildman–Crippen MR) is 87.8 cm³/mol. The molecule has 22 heavy (non-hydrogen) atoms. The molecule has 3 rings (SSSR count). The van der Waals surface area contributed by atoms with Crippen LogP contribution in [0.1, 0.15) is 23.1 Å². The highest BCUT2D eigenvalue weighted by atomic mass is 35.5. The lowest BCUT2D eigenvalue weighted by molar-refractivity contribution is 0.151. The number of nitrogens with one attached hydrogen (secondary N) is 1. The van der Waals surface area contributed by atoms with Crippen LogP contribution >= 0.6 is 12.4 Å². The zero-order valence-corrected chi connectivity index (χ0v) is 13.0. The van der Waals surface area contributed by atoms with Gasteiger partial charge in [-0.15, -0.1) is 12.4 Å². The van der Waals surface area contributed by atoms with E-state index in [1.807, 2.05) is 12.1 Å². The average molecular weight is 325 g/mol. The van der Waals surface area contributed by atoms with Crippen LogP contribution in [0.15, 0.2) is 48.5 Å². The molecule has 1 aliphatic rings. The molecule has 0 saturated carbocycles. The highest BCUT2D eigenvalue weighted by Crippen LogP contribution is 2.25. The van der Waals surface area contributed by atoms with Crippen LogP contribution in [-0.4, -0.2) is 13.1 Å². The number of benzene rings is 2. The molecule has 0 unspecified atom stereocenters. The second-order valence-corrected chi connectivity index (χ2v) is 5.27. The number of hydrogen-bond acceptors (Lipinski definition) is 2.